The summed E-state index contributed by atoms with van der Waals surface area (Å²) in [6.45, 7) is 0. The van der Waals surface area contributed by atoms with Crippen LogP contribution in [0.3, 0.4) is 0 Å². The summed E-state index contributed by atoms with van der Waals surface area (Å²) in [7, 11) is -14.1. The predicted octanol–water partition coefficient (Wildman–Crippen LogP) is 0.182. The lowest BCUT2D eigenvalue weighted by Crippen LogP contribution is -2.05. The van der Waals surface area contributed by atoms with Crippen molar-refractivity contribution in [2.75, 3.05) is 6.16 Å². The van der Waals surface area contributed by atoms with E-state index < -0.39 is 34.3 Å². The maximum absolute atomic E-state index is 10.8. The van der Waals surface area contributed by atoms with Gasteiger partial charge in [-0.3, -0.25) is 13.7 Å². The highest BCUT2D eigenvalue weighted by Crippen LogP contribution is 2.60. The normalized spacial score (nSPS) is 14.6. The molecule has 6 N–H and O–H groups in total. The van der Waals surface area contributed by atoms with E-state index in [1.54, 1.807) is 0 Å². The Labute approximate surface area is 103 Å². The van der Waals surface area contributed by atoms with Gasteiger partial charge in [-0.05, 0) is 12.8 Å². The average Bonchev–Trinajstić information content (AvgIpc) is 2.04. The van der Waals surface area contributed by atoms with Crippen LogP contribution in [0.5, 0.6) is 0 Å². The van der Waals surface area contributed by atoms with Crippen molar-refractivity contribution >= 4 is 22.8 Å². The Morgan fingerprint density at radius 2 is 1.33 bits per heavy atom. The van der Waals surface area contributed by atoms with E-state index in [0.717, 1.165) is 6.08 Å². The molecule has 108 valence electrons. The van der Waals surface area contributed by atoms with Gasteiger partial charge in [0.2, 0.25) is 0 Å². The average molecular weight is 324 g/mol. The minimum absolute atomic E-state index is 0.0375. The molecule has 0 rings (SSSR count). The van der Waals surface area contributed by atoms with Crippen molar-refractivity contribution in [2.24, 2.45) is 0 Å². The third kappa shape index (κ3) is 8.32. The molecule has 0 aliphatic carbocycles. The monoisotopic (exact) mass is 324 g/mol. The Morgan fingerprint density at radius 1 is 0.889 bits per heavy atom. The minimum atomic E-state index is -4.98. The molecule has 0 saturated heterocycles. The van der Waals surface area contributed by atoms with E-state index >= 15 is 0 Å². The molecule has 0 bridgehead atoms. The Balaban J connectivity index is 4.50. The van der Waals surface area contributed by atoms with E-state index in [1.165, 1.54) is 0 Å². The SMILES string of the molecule is O=P(O)(O)CCC/C=C/C(P(=O)(O)O)P(=O)(O)O. The van der Waals surface area contributed by atoms with Crippen LogP contribution in [0.15, 0.2) is 12.2 Å². The first-order valence-corrected chi connectivity index (χ1v) is 9.82. The Hall–Kier alpha value is 0.190. The molecule has 0 aromatic heterocycles. The number of rotatable bonds is 7. The molecule has 0 saturated carbocycles. The van der Waals surface area contributed by atoms with Crippen LogP contribution in [0.1, 0.15) is 12.8 Å². The van der Waals surface area contributed by atoms with Crippen LogP contribution >= 0.6 is 22.8 Å². The van der Waals surface area contributed by atoms with E-state index in [-0.39, 0.29) is 12.8 Å². The summed E-state index contributed by atoms with van der Waals surface area (Å²) in [5.74, 6) is 0. The van der Waals surface area contributed by atoms with Gasteiger partial charge in [-0.2, -0.15) is 0 Å². The second-order valence-corrected chi connectivity index (χ2v) is 9.20. The van der Waals surface area contributed by atoms with Gasteiger partial charge in [0.25, 0.3) is 0 Å². The molecule has 0 fully saturated rings. The topological polar surface area (TPSA) is 173 Å². The van der Waals surface area contributed by atoms with Gasteiger partial charge in [-0.15, -0.1) is 0 Å². The zero-order valence-corrected chi connectivity index (χ0v) is 11.8. The fraction of sp³-hybridized carbons (Fsp3) is 0.667. The molecule has 0 heterocycles. The van der Waals surface area contributed by atoms with Gasteiger partial charge in [0.05, 0.1) is 6.16 Å². The molecule has 9 nitrogen and oxygen atoms in total. The highest BCUT2D eigenvalue weighted by Gasteiger charge is 2.40. The molecule has 0 radical (unpaired) electrons. The van der Waals surface area contributed by atoms with Gasteiger partial charge in [0.15, 0.2) is 5.40 Å². The summed E-state index contributed by atoms with van der Waals surface area (Å²) >= 11 is 0. The van der Waals surface area contributed by atoms with E-state index in [9.17, 15) is 13.7 Å². The van der Waals surface area contributed by atoms with Crippen LogP contribution < -0.4 is 0 Å². The third-order valence-corrected chi connectivity index (χ3v) is 6.24. The summed E-state index contributed by atoms with van der Waals surface area (Å²) in [5, 5.41) is -2.22. The van der Waals surface area contributed by atoms with Crippen LogP contribution in [0.25, 0.3) is 0 Å². The Kier molecular flexibility index (Phi) is 6.64. The molecular formula is C6H15O9P3. The van der Waals surface area contributed by atoms with Crippen LogP contribution in [0, 0.1) is 0 Å². The molecule has 18 heavy (non-hydrogen) atoms. The van der Waals surface area contributed by atoms with Crippen molar-refractivity contribution < 1.29 is 43.1 Å². The quantitative estimate of drug-likeness (QED) is 0.217. The van der Waals surface area contributed by atoms with Gasteiger partial charge in [0, 0.05) is 0 Å². The van der Waals surface area contributed by atoms with Gasteiger partial charge >= 0.3 is 22.8 Å². The van der Waals surface area contributed by atoms with Gasteiger partial charge in [-0.25, -0.2) is 0 Å². The Morgan fingerprint density at radius 3 is 1.67 bits per heavy atom. The van der Waals surface area contributed by atoms with E-state index in [0.29, 0.717) is 6.08 Å². The molecule has 0 unspecified atom stereocenters. The third-order valence-electron chi connectivity index (χ3n) is 1.82. The molecule has 0 aliphatic heterocycles. The van der Waals surface area contributed by atoms with Crippen LogP contribution in [0.2, 0.25) is 0 Å². The zero-order chi connectivity index (χ0) is 14.6. The van der Waals surface area contributed by atoms with Gasteiger partial charge in [-0.1, -0.05) is 12.2 Å². The number of allylic oxidation sites excluding steroid dienone is 2. The Bertz CT molecular complexity index is 404. The predicted molar refractivity (Wildman–Crippen MR) is 63.2 cm³/mol. The molecule has 0 spiro atoms. The zero-order valence-electron chi connectivity index (χ0n) is 9.10. The van der Waals surface area contributed by atoms with Crippen molar-refractivity contribution in [3.8, 4) is 0 Å². The summed E-state index contributed by atoms with van der Waals surface area (Å²) in [4.78, 5) is 52.0. The van der Waals surface area contributed by atoms with Crippen molar-refractivity contribution in [3.05, 3.63) is 12.2 Å². The van der Waals surface area contributed by atoms with Crippen molar-refractivity contribution in [1.82, 2.24) is 0 Å². The van der Waals surface area contributed by atoms with Crippen LogP contribution in [-0.2, 0) is 13.7 Å². The molecular weight excluding hydrogens is 309 g/mol. The smallest absolute Gasteiger partial charge is 0.324 e. The van der Waals surface area contributed by atoms with E-state index in [1.807, 2.05) is 0 Å². The van der Waals surface area contributed by atoms with Gasteiger partial charge < -0.3 is 29.4 Å². The maximum Gasteiger partial charge on any atom is 0.344 e. The van der Waals surface area contributed by atoms with Crippen molar-refractivity contribution in [3.63, 3.8) is 0 Å². The lowest BCUT2D eigenvalue weighted by molar-refractivity contribution is 0.346. The van der Waals surface area contributed by atoms with E-state index in [4.69, 9.17) is 29.4 Å². The van der Waals surface area contributed by atoms with Gasteiger partial charge in [0.1, 0.15) is 0 Å². The first-order valence-electron chi connectivity index (χ1n) is 4.66. The molecule has 0 amide bonds. The second-order valence-electron chi connectivity index (χ2n) is 3.55. The lowest BCUT2D eigenvalue weighted by atomic mass is 10.3. The first-order chi connectivity index (χ1) is 7.84. The molecule has 0 atom stereocenters. The number of hydrogen-bond donors (Lipinski definition) is 6. The fourth-order valence-corrected chi connectivity index (χ4v) is 3.91. The summed E-state index contributed by atoms with van der Waals surface area (Å²) in [6, 6.07) is 0. The molecule has 0 aliphatic rings. The number of hydrogen-bond acceptors (Lipinski definition) is 3. The second kappa shape index (κ2) is 6.57. The largest absolute Gasteiger partial charge is 0.344 e. The summed E-state index contributed by atoms with van der Waals surface area (Å²) in [6.07, 6.45) is 1.44. The number of unbranched alkanes of at least 4 members (excludes halogenated alkanes) is 1. The van der Waals surface area contributed by atoms with Crippen LogP contribution in [-0.4, -0.2) is 40.9 Å². The summed E-state index contributed by atoms with van der Waals surface area (Å²) in [5.41, 5.74) is 0. The van der Waals surface area contributed by atoms with Crippen molar-refractivity contribution in [2.45, 2.75) is 18.2 Å². The first kappa shape index (κ1) is 18.2. The summed E-state index contributed by atoms with van der Waals surface area (Å²) < 4.78 is 32.1. The highest BCUT2D eigenvalue weighted by atomic mass is 31.2. The molecule has 12 heteroatoms. The lowest BCUT2D eigenvalue weighted by Gasteiger charge is -2.15. The van der Waals surface area contributed by atoms with Crippen LogP contribution in [0.4, 0.5) is 0 Å². The van der Waals surface area contributed by atoms with Crippen molar-refractivity contribution in [1.29, 1.82) is 0 Å². The minimum Gasteiger partial charge on any atom is -0.324 e. The maximum atomic E-state index is 10.8. The molecule has 0 aromatic carbocycles. The van der Waals surface area contributed by atoms with E-state index in [2.05, 4.69) is 0 Å². The standard InChI is InChI=1S/C6H15O9P3/c7-16(8,9)5-3-1-2-4-6(17(10,11)12)18(13,14)15/h2,4,6H,1,3,5H2,(H2,7,8,9)(H2,10,11,12)(H2,13,14,15)/b4-2+. The fourth-order valence-electron chi connectivity index (χ4n) is 1.05. The molecule has 0 aromatic rings. The highest BCUT2D eigenvalue weighted by molar-refractivity contribution is 7.71.